The molecule has 0 unspecified atom stereocenters. The number of carbonyl (C=O) groups is 1. The second-order valence-electron chi connectivity index (χ2n) is 4.42. The minimum absolute atomic E-state index is 0.137. The SMILES string of the molecule is CC[C@H](C)C(=O)N1Cc2ccc(Br)cc2C1. The summed E-state index contributed by atoms with van der Waals surface area (Å²) in [4.78, 5) is 14.0. The average Bonchev–Trinajstić information content (AvgIpc) is 2.69. The third-order valence-corrected chi connectivity index (χ3v) is 3.73. The number of amides is 1. The molecule has 0 fully saturated rings. The number of carbonyl (C=O) groups excluding carboxylic acids is 1. The van der Waals surface area contributed by atoms with Crippen molar-refractivity contribution in [3.8, 4) is 0 Å². The highest BCUT2D eigenvalue weighted by Gasteiger charge is 2.25. The molecule has 0 saturated carbocycles. The highest BCUT2D eigenvalue weighted by molar-refractivity contribution is 9.10. The lowest BCUT2D eigenvalue weighted by Crippen LogP contribution is -2.30. The zero-order valence-electron chi connectivity index (χ0n) is 9.66. The van der Waals surface area contributed by atoms with E-state index in [1.54, 1.807) is 0 Å². The molecule has 0 bridgehead atoms. The summed E-state index contributed by atoms with van der Waals surface area (Å²) in [6, 6.07) is 6.25. The zero-order valence-corrected chi connectivity index (χ0v) is 11.3. The topological polar surface area (TPSA) is 20.3 Å². The molecule has 1 aliphatic heterocycles. The second kappa shape index (κ2) is 4.58. The Morgan fingerprint density at radius 2 is 2.12 bits per heavy atom. The number of hydrogen-bond acceptors (Lipinski definition) is 1. The summed E-state index contributed by atoms with van der Waals surface area (Å²) in [6.07, 6.45) is 0.912. The van der Waals surface area contributed by atoms with Crippen LogP contribution in [-0.4, -0.2) is 10.8 Å². The van der Waals surface area contributed by atoms with Crippen molar-refractivity contribution in [2.24, 2.45) is 5.92 Å². The quantitative estimate of drug-likeness (QED) is 0.814. The molecule has 1 amide bonds. The van der Waals surface area contributed by atoms with Crippen LogP contribution in [0.15, 0.2) is 22.7 Å². The van der Waals surface area contributed by atoms with Gasteiger partial charge in [-0.05, 0) is 29.7 Å². The normalized spacial score (nSPS) is 16.1. The van der Waals surface area contributed by atoms with Crippen molar-refractivity contribution in [1.29, 1.82) is 0 Å². The lowest BCUT2D eigenvalue weighted by atomic mass is 10.1. The van der Waals surface area contributed by atoms with Crippen LogP contribution in [0.1, 0.15) is 31.4 Å². The Bertz CT molecular complexity index is 416. The molecular formula is C13H16BrNO. The summed E-state index contributed by atoms with van der Waals surface area (Å²) in [7, 11) is 0. The first-order valence-electron chi connectivity index (χ1n) is 5.68. The van der Waals surface area contributed by atoms with Gasteiger partial charge in [-0.25, -0.2) is 0 Å². The Balaban J connectivity index is 2.14. The summed E-state index contributed by atoms with van der Waals surface area (Å²) in [5, 5.41) is 0. The fourth-order valence-corrected chi connectivity index (χ4v) is 2.41. The second-order valence-corrected chi connectivity index (χ2v) is 5.33. The van der Waals surface area contributed by atoms with Crippen LogP contribution in [0.4, 0.5) is 0 Å². The molecule has 1 aromatic rings. The van der Waals surface area contributed by atoms with E-state index in [1.807, 2.05) is 17.9 Å². The molecule has 1 atom stereocenters. The van der Waals surface area contributed by atoms with Gasteiger partial charge in [-0.3, -0.25) is 4.79 Å². The first kappa shape index (κ1) is 11.6. The van der Waals surface area contributed by atoms with E-state index < -0.39 is 0 Å². The summed E-state index contributed by atoms with van der Waals surface area (Å²) in [5.41, 5.74) is 2.55. The molecule has 2 rings (SSSR count). The van der Waals surface area contributed by atoms with E-state index in [1.165, 1.54) is 11.1 Å². The van der Waals surface area contributed by atoms with Crippen LogP contribution in [-0.2, 0) is 17.9 Å². The maximum atomic E-state index is 12.0. The number of halogens is 1. The molecule has 1 heterocycles. The third kappa shape index (κ3) is 2.14. The highest BCUT2D eigenvalue weighted by Crippen LogP contribution is 2.27. The lowest BCUT2D eigenvalue weighted by molar-refractivity contribution is -0.135. The van der Waals surface area contributed by atoms with Crippen LogP contribution in [0.25, 0.3) is 0 Å². The van der Waals surface area contributed by atoms with Gasteiger partial charge in [0.25, 0.3) is 0 Å². The van der Waals surface area contributed by atoms with Crippen LogP contribution < -0.4 is 0 Å². The molecule has 0 saturated heterocycles. The largest absolute Gasteiger partial charge is 0.334 e. The fraction of sp³-hybridized carbons (Fsp3) is 0.462. The minimum Gasteiger partial charge on any atom is -0.334 e. The fourth-order valence-electron chi connectivity index (χ4n) is 2.01. The van der Waals surface area contributed by atoms with Crippen LogP contribution >= 0.6 is 15.9 Å². The van der Waals surface area contributed by atoms with Gasteiger partial charge < -0.3 is 4.90 Å². The lowest BCUT2D eigenvalue weighted by Gasteiger charge is -2.19. The van der Waals surface area contributed by atoms with Crippen molar-refractivity contribution in [1.82, 2.24) is 4.90 Å². The van der Waals surface area contributed by atoms with E-state index in [0.29, 0.717) is 0 Å². The van der Waals surface area contributed by atoms with Crippen LogP contribution in [0, 0.1) is 5.92 Å². The molecular weight excluding hydrogens is 266 g/mol. The van der Waals surface area contributed by atoms with Crippen molar-refractivity contribution in [3.05, 3.63) is 33.8 Å². The zero-order chi connectivity index (χ0) is 11.7. The van der Waals surface area contributed by atoms with E-state index in [9.17, 15) is 4.79 Å². The predicted molar refractivity (Wildman–Crippen MR) is 67.9 cm³/mol. The number of hydrogen-bond donors (Lipinski definition) is 0. The van der Waals surface area contributed by atoms with Gasteiger partial charge in [0.1, 0.15) is 0 Å². The van der Waals surface area contributed by atoms with Gasteiger partial charge in [0.2, 0.25) is 5.91 Å². The predicted octanol–water partition coefficient (Wildman–Crippen LogP) is 3.34. The van der Waals surface area contributed by atoms with E-state index >= 15 is 0 Å². The van der Waals surface area contributed by atoms with Crippen LogP contribution in [0.5, 0.6) is 0 Å². The van der Waals surface area contributed by atoms with Gasteiger partial charge in [0.05, 0.1) is 0 Å². The Labute approximate surface area is 105 Å². The molecule has 1 aliphatic rings. The third-order valence-electron chi connectivity index (χ3n) is 3.24. The number of fused-ring (bicyclic) bond motifs is 1. The summed E-state index contributed by atoms with van der Waals surface area (Å²) < 4.78 is 1.09. The Morgan fingerprint density at radius 3 is 2.81 bits per heavy atom. The van der Waals surface area contributed by atoms with Crippen molar-refractivity contribution in [2.75, 3.05) is 0 Å². The molecule has 86 valence electrons. The molecule has 0 aliphatic carbocycles. The molecule has 2 nitrogen and oxygen atoms in total. The van der Waals surface area contributed by atoms with Crippen molar-refractivity contribution < 1.29 is 4.79 Å². The first-order chi connectivity index (χ1) is 7.61. The maximum absolute atomic E-state index is 12.0. The molecule has 0 N–H and O–H groups in total. The van der Waals surface area contributed by atoms with E-state index in [-0.39, 0.29) is 11.8 Å². The standard InChI is InChI=1S/C13H16BrNO/c1-3-9(2)13(16)15-7-10-4-5-12(14)6-11(10)8-15/h4-6,9H,3,7-8H2,1-2H3/t9-/m0/s1. The molecule has 0 aromatic heterocycles. The molecule has 16 heavy (non-hydrogen) atoms. The minimum atomic E-state index is 0.137. The Morgan fingerprint density at radius 1 is 1.44 bits per heavy atom. The van der Waals surface area contributed by atoms with Gasteiger partial charge >= 0.3 is 0 Å². The highest BCUT2D eigenvalue weighted by atomic mass is 79.9. The van der Waals surface area contributed by atoms with E-state index in [0.717, 1.165) is 24.0 Å². The summed E-state index contributed by atoms with van der Waals surface area (Å²) in [6.45, 7) is 5.59. The van der Waals surface area contributed by atoms with Crippen molar-refractivity contribution in [2.45, 2.75) is 33.4 Å². The van der Waals surface area contributed by atoms with E-state index in [4.69, 9.17) is 0 Å². The van der Waals surface area contributed by atoms with Crippen LogP contribution in [0.3, 0.4) is 0 Å². The van der Waals surface area contributed by atoms with Crippen LogP contribution in [0.2, 0.25) is 0 Å². The van der Waals surface area contributed by atoms with Gasteiger partial charge in [0, 0.05) is 23.5 Å². The maximum Gasteiger partial charge on any atom is 0.225 e. The Kier molecular flexibility index (Phi) is 3.33. The number of nitrogens with zero attached hydrogens (tertiary/aromatic N) is 1. The average molecular weight is 282 g/mol. The number of benzene rings is 1. The molecule has 0 radical (unpaired) electrons. The van der Waals surface area contributed by atoms with Crippen molar-refractivity contribution in [3.63, 3.8) is 0 Å². The molecule has 3 heteroatoms. The van der Waals surface area contributed by atoms with Crippen molar-refractivity contribution >= 4 is 21.8 Å². The molecule has 1 aromatic carbocycles. The van der Waals surface area contributed by atoms with E-state index in [2.05, 4.69) is 35.0 Å². The van der Waals surface area contributed by atoms with Gasteiger partial charge in [0.15, 0.2) is 0 Å². The van der Waals surface area contributed by atoms with Gasteiger partial charge in [-0.2, -0.15) is 0 Å². The first-order valence-corrected chi connectivity index (χ1v) is 6.47. The Hall–Kier alpha value is -0.830. The monoisotopic (exact) mass is 281 g/mol. The van der Waals surface area contributed by atoms with Gasteiger partial charge in [-0.1, -0.05) is 35.8 Å². The summed E-state index contributed by atoms with van der Waals surface area (Å²) >= 11 is 3.46. The summed E-state index contributed by atoms with van der Waals surface area (Å²) in [5.74, 6) is 0.410. The smallest absolute Gasteiger partial charge is 0.225 e. The van der Waals surface area contributed by atoms with Gasteiger partial charge in [-0.15, -0.1) is 0 Å². The molecule has 0 spiro atoms. The number of rotatable bonds is 2.